The molecule has 0 spiro atoms. The number of carbonyl (C=O) groups is 1. The third-order valence-corrected chi connectivity index (χ3v) is 8.11. The summed E-state index contributed by atoms with van der Waals surface area (Å²) in [6, 6.07) is 18.4. The molecule has 7 nitrogen and oxygen atoms in total. The molecule has 0 bridgehead atoms. The van der Waals surface area contributed by atoms with Crippen LogP contribution in [-0.2, 0) is 11.8 Å². The number of carbonyl (C=O) groups excluding carboxylic acids is 1. The van der Waals surface area contributed by atoms with Gasteiger partial charge in [0.05, 0.1) is 17.6 Å². The number of aromatic nitrogens is 1. The van der Waals surface area contributed by atoms with Crippen molar-refractivity contribution in [1.82, 2.24) is 0 Å². The summed E-state index contributed by atoms with van der Waals surface area (Å²) in [7, 11) is 5.34. The summed E-state index contributed by atoms with van der Waals surface area (Å²) >= 11 is 5.25. The van der Waals surface area contributed by atoms with Crippen LogP contribution in [0.5, 0.6) is 0 Å². The highest BCUT2D eigenvalue weighted by Gasteiger charge is 2.20. The van der Waals surface area contributed by atoms with E-state index in [2.05, 4.69) is 44.8 Å². The highest BCUT2D eigenvalue weighted by atomic mass is 79.9. The fourth-order valence-corrected chi connectivity index (χ4v) is 5.78. The average molecular weight is 589 g/mol. The fraction of sp³-hybridized carbons (Fsp3) is 0.103. The number of allylic oxidation sites excluding steroid dienone is 3. The summed E-state index contributed by atoms with van der Waals surface area (Å²) in [5.41, 5.74) is 6.11. The normalized spacial score (nSPS) is 14.2. The van der Waals surface area contributed by atoms with E-state index < -0.39 is 0 Å². The molecule has 1 aliphatic rings. The molecule has 0 amide bonds. The lowest BCUT2D eigenvalue weighted by Gasteiger charge is -2.26. The van der Waals surface area contributed by atoms with Crippen LogP contribution in [0.3, 0.4) is 0 Å². The van der Waals surface area contributed by atoms with Crippen molar-refractivity contribution >= 4 is 72.6 Å². The second-order valence-electron chi connectivity index (χ2n) is 8.74. The van der Waals surface area contributed by atoms with E-state index in [0.29, 0.717) is 5.56 Å². The SMILES string of the molecule is COC(=O)c1ccc(C(=C\c2sc3ccc(Br)cc3[n+]2C)/C=C2\C=Cc3cc([N+](=O)[O-])ccc3N2C)cc1. The van der Waals surface area contributed by atoms with Crippen molar-refractivity contribution in [2.45, 2.75) is 0 Å². The minimum absolute atomic E-state index is 0.0596. The number of halogens is 1. The van der Waals surface area contributed by atoms with Gasteiger partial charge in [0, 0.05) is 52.7 Å². The van der Waals surface area contributed by atoms with Gasteiger partial charge < -0.3 is 9.64 Å². The summed E-state index contributed by atoms with van der Waals surface area (Å²) in [4.78, 5) is 24.8. The van der Waals surface area contributed by atoms with Crippen molar-refractivity contribution in [1.29, 1.82) is 0 Å². The molecule has 0 unspecified atom stereocenters. The Morgan fingerprint density at radius 3 is 2.53 bits per heavy atom. The van der Waals surface area contributed by atoms with Gasteiger partial charge in [-0.3, -0.25) is 10.1 Å². The first-order valence-corrected chi connectivity index (χ1v) is 13.3. The van der Waals surface area contributed by atoms with Gasteiger partial charge in [0.1, 0.15) is 11.7 Å². The van der Waals surface area contributed by atoms with Crippen molar-refractivity contribution in [3.63, 3.8) is 0 Å². The number of anilines is 1. The quantitative estimate of drug-likeness (QED) is 0.111. The summed E-state index contributed by atoms with van der Waals surface area (Å²) in [6.07, 6.45) is 8.05. The Hall–Kier alpha value is -4.08. The number of methoxy groups -OCH3 is 1. The Kier molecular flexibility index (Phi) is 6.96. The molecule has 3 aromatic carbocycles. The van der Waals surface area contributed by atoms with Crippen molar-refractivity contribution in [3.05, 3.63) is 115 Å². The first-order valence-electron chi connectivity index (χ1n) is 11.7. The lowest BCUT2D eigenvalue weighted by atomic mass is 10.00. The Labute approximate surface area is 231 Å². The van der Waals surface area contributed by atoms with Crippen molar-refractivity contribution in [2.75, 3.05) is 19.1 Å². The molecule has 0 radical (unpaired) electrons. The van der Waals surface area contributed by atoms with Gasteiger partial charge in [-0.2, -0.15) is 4.57 Å². The zero-order valence-electron chi connectivity index (χ0n) is 20.8. The second kappa shape index (κ2) is 10.4. The number of rotatable bonds is 5. The lowest BCUT2D eigenvalue weighted by molar-refractivity contribution is -0.642. The molecule has 38 heavy (non-hydrogen) atoms. The van der Waals surface area contributed by atoms with E-state index in [9.17, 15) is 14.9 Å². The molecule has 0 saturated heterocycles. The number of nitrogens with zero attached hydrogens (tertiary/aromatic N) is 3. The monoisotopic (exact) mass is 588 g/mol. The molecular weight excluding hydrogens is 566 g/mol. The molecule has 0 fully saturated rings. The Morgan fingerprint density at radius 2 is 1.82 bits per heavy atom. The zero-order chi connectivity index (χ0) is 27.0. The van der Waals surface area contributed by atoms with Gasteiger partial charge >= 0.3 is 5.97 Å². The number of non-ortho nitro benzene ring substituents is 1. The minimum Gasteiger partial charge on any atom is -0.465 e. The molecule has 1 aromatic heterocycles. The van der Waals surface area contributed by atoms with E-state index in [4.69, 9.17) is 4.74 Å². The predicted molar refractivity (Wildman–Crippen MR) is 155 cm³/mol. The summed E-state index contributed by atoms with van der Waals surface area (Å²) in [5, 5.41) is 12.3. The van der Waals surface area contributed by atoms with E-state index in [0.717, 1.165) is 43.1 Å². The summed E-state index contributed by atoms with van der Waals surface area (Å²) < 4.78 is 9.19. The molecule has 190 valence electrons. The number of hydrogen-bond acceptors (Lipinski definition) is 6. The summed E-state index contributed by atoms with van der Waals surface area (Å²) in [5.74, 6) is -0.387. The van der Waals surface area contributed by atoms with E-state index in [-0.39, 0.29) is 16.6 Å². The fourth-order valence-electron chi connectivity index (χ4n) is 4.35. The standard InChI is InChI=1S/C29H23BrN3O4S/c1-31-23(10-8-20-14-24(33(35)36)11-12-25(20)31)15-21(18-4-6-19(7-5-18)29(34)37-3)16-28-32(2)26-17-22(30)9-13-27(26)38-28/h4-17H,1-3H3/q+1. The highest BCUT2D eigenvalue weighted by Crippen LogP contribution is 2.34. The van der Waals surface area contributed by atoms with Gasteiger partial charge in [0.15, 0.2) is 0 Å². The van der Waals surface area contributed by atoms with Crippen molar-refractivity contribution in [3.8, 4) is 0 Å². The second-order valence-corrected chi connectivity index (χ2v) is 10.7. The van der Waals surface area contributed by atoms with Gasteiger partial charge in [0.2, 0.25) is 5.52 Å². The largest absolute Gasteiger partial charge is 0.465 e. The number of ether oxygens (including phenoxy) is 1. The predicted octanol–water partition coefficient (Wildman–Crippen LogP) is 6.77. The van der Waals surface area contributed by atoms with E-state index in [1.165, 1.54) is 17.9 Å². The zero-order valence-corrected chi connectivity index (χ0v) is 23.2. The molecule has 0 N–H and O–H groups in total. The van der Waals surface area contributed by atoms with Gasteiger partial charge in [-0.15, -0.1) is 0 Å². The number of nitro groups is 1. The minimum atomic E-state index is -0.387. The van der Waals surface area contributed by atoms with Crippen LogP contribution in [0, 0.1) is 10.1 Å². The third kappa shape index (κ3) is 4.90. The van der Waals surface area contributed by atoms with E-state index >= 15 is 0 Å². The topological polar surface area (TPSA) is 76.6 Å². The van der Waals surface area contributed by atoms with Crippen LogP contribution >= 0.6 is 27.3 Å². The van der Waals surface area contributed by atoms with Crippen LogP contribution in [0.4, 0.5) is 11.4 Å². The third-order valence-electron chi connectivity index (χ3n) is 6.45. The number of thiazole rings is 1. The molecular formula is C29H23BrN3O4S+. The van der Waals surface area contributed by atoms with Crippen molar-refractivity contribution < 1.29 is 19.0 Å². The lowest BCUT2D eigenvalue weighted by Crippen LogP contribution is -2.29. The van der Waals surface area contributed by atoms with Gasteiger partial charge in [-0.1, -0.05) is 45.5 Å². The molecule has 2 heterocycles. The highest BCUT2D eigenvalue weighted by molar-refractivity contribution is 9.10. The Balaban J connectivity index is 1.62. The molecule has 4 aromatic rings. The van der Waals surface area contributed by atoms with Gasteiger partial charge in [-0.05, 0) is 53.6 Å². The molecule has 0 saturated carbocycles. The van der Waals surface area contributed by atoms with Crippen LogP contribution in [0.1, 0.15) is 26.5 Å². The number of hydrogen-bond donors (Lipinski definition) is 0. The van der Waals surface area contributed by atoms with Crippen LogP contribution in [0.15, 0.2) is 83.0 Å². The number of aryl methyl sites for hydroxylation is 1. The van der Waals surface area contributed by atoms with E-state index in [1.54, 1.807) is 35.6 Å². The van der Waals surface area contributed by atoms with Crippen LogP contribution < -0.4 is 9.47 Å². The number of esters is 1. The smallest absolute Gasteiger partial charge is 0.337 e. The number of benzene rings is 3. The molecule has 1 aliphatic heterocycles. The molecule has 0 atom stereocenters. The first-order chi connectivity index (χ1) is 18.2. The molecule has 5 rings (SSSR count). The molecule has 0 aliphatic carbocycles. The van der Waals surface area contributed by atoms with Crippen molar-refractivity contribution in [2.24, 2.45) is 7.05 Å². The van der Waals surface area contributed by atoms with Gasteiger partial charge in [0.25, 0.3) is 10.7 Å². The first kappa shape index (κ1) is 25.6. The maximum absolute atomic E-state index is 12.0. The van der Waals surface area contributed by atoms with Crippen LogP contribution in [-0.4, -0.2) is 25.1 Å². The molecule has 9 heteroatoms. The Morgan fingerprint density at radius 1 is 1.08 bits per heavy atom. The Bertz CT molecular complexity index is 1690. The summed E-state index contributed by atoms with van der Waals surface area (Å²) in [6.45, 7) is 0. The number of nitro benzene ring substituents is 1. The van der Waals surface area contributed by atoms with Gasteiger partial charge in [-0.25, -0.2) is 4.79 Å². The maximum Gasteiger partial charge on any atom is 0.337 e. The maximum atomic E-state index is 12.0. The number of likely N-dealkylation sites (N-methyl/N-ethyl adjacent to an activating group) is 1. The average Bonchev–Trinajstić information content (AvgIpc) is 3.23. The van der Waals surface area contributed by atoms with Crippen LogP contribution in [0.25, 0.3) is 27.9 Å². The number of fused-ring (bicyclic) bond motifs is 2. The van der Waals surface area contributed by atoms with E-state index in [1.807, 2.05) is 49.3 Å². The van der Waals surface area contributed by atoms with Crippen LogP contribution in [0.2, 0.25) is 0 Å².